The maximum absolute atomic E-state index is 11.7. The van der Waals surface area contributed by atoms with Crippen LogP contribution in [0.1, 0.15) is 46.0 Å². The Kier molecular flexibility index (Phi) is 6.42. The zero-order valence-electron chi connectivity index (χ0n) is 17.9. The summed E-state index contributed by atoms with van der Waals surface area (Å²) in [5.41, 5.74) is 0. The SMILES string of the molecule is CO[C@H]1O[C@H]([C@@H](CN2CCC[N+]3=C2CCCCC3)OS(=O)(=O)O)[C@@H]2OC(C)(C)O[C@H]12. The summed E-state index contributed by atoms with van der Waals surface area (Å²) in [6.07, 6.45) is 1.84. The molecule has 5 atom stereocenters. The van der Waals surface area contributed by atoms with Crippen molar-refractivity contribution in [3.8, 4) is 0 Å². The molecule has 2 saturated heterocycles. The summed E-state index contributed by atoms with van der Waals surface area (Å²) >= 11 is 0. The van der Waals surface area contributed by atoms with E-state index in [1.807, 2.05) is 0 Å². The molecule has 172 valence electrons. The van der Waals surface area contributed by atoms with Gasteiger partial charge in [0.1, 0.15) is 31.0 Å². The van der Waals surface area contributed by atoms with Crippen LogP contribution in [0, 0.1) is 0 Å². The molecule has 0 unspecified atom stereocenters. The molecule has 4 rings (SSSR count). The quantitative estimate of drug-likeness (QED) is 0.464. The van der Waals surface area contributed by atoms with Crippen molar-refractivity contribution in [2.24, 2.45) is 0 Å². The fourth-order valence-electron chi connectivity index (χ4n) is 5.07. The normalized spacial score (nSPS) is 35.1. The minimum absolute atomic E-state index is 0.264. The highest BCUT2D eigenvalue weighted by Crippen LogP contribution is 2.40. The maximum Gasteiger partial charge on any atom is 0.397 e. The summed E-state index contributed by atoms with van der Waals surface area (Å²) in [5.74, 6) is 0.360. The van der Waals surface area contributed by atoms with Crippen LogP contribution in [0.3, 0.4) is 0 Å². The second-order valence-corrected chi connectivity index (χ2v) is 9.89. The maximum atomic E-state index is 11.7. The fraction of sp³-hybridized carbons (Fsp3) is 0.947. The van der Waals surface area contributed by atoms with Gasteiger partial charge >= 0.3 is 10.4 Å². The molecule has 4 aliphatic heterocycles. The van der Waals surface area contributed by atoms with Crippen molar-refractivity contribution in [2.75, 3.05) is 33.3 Å². The van der Waals surface area contributed by atoms with Gasteiger partial charge in [0.2, 0.25) is 5.84 Å². The Balaban J connectivity index is 1.59. The molecule has 1 N–H and O–H groups in total. The van der Waals surface area contributed by atoms with E-state index in [-0.39, 0.29) is 6.54 Å². The molecule has 2 fully saturated rings. The molecule has 11 heteroatoms. The van der Waals surface area contributed by atoms with Crippen LogP contribution in [0.5, 0.6) is 0 Å². The lowest BCUT2D eigenvalue weighted by Crippen LogP contribution is -2.52. The summed E-state index contributed by atoms with van der Waals surface area (Å²) in [4.78, 5) is 2.17. The molecule has 0 spiro atoms. The average molecular weight is 450 g/mol. The van der Waals surface area contributed by atoms with E-state index in [9.17, 15) is 13.0 Å². The van der Waals surface area contributed by atoms with Crippen LogP contribution in [0.2, 0.25) is 0 Å². The number of hydrogen-bond acceptors (Lipinski definition) is 8. The van der Waals surface area contributed by atoms with E-state index in [4.69, 9.17) is 23.1 Å². The Bertz CT molecular complexity index is 770. The van der Waals surface area contributed by atoms with Gasteiger partial charge in [-0.15, -0.1) is 0 Å². The first kappa shape index (κ1) is 22.4. The third-order valence-electron chi connectivity index (χ3n) is 6.21. The highest BCUT2D eigenvalue weighted by Gasteiger charge is 2.59. The number of hydrogen-bond donors (Lipinski definition) is 1. The first-order valence-corrected chi connectivity index (χ1v) is 12.1. The van der Waals surface area contributed by atoms with Gasteiger partial charge in [-0.25, -0.2) is 4.18 Å². The molecule has 30 heavy (non-hydrogen) atoms. The highest BCUT2D eigenvalue weighted by atomic mass is 32.3. The number of ether oxygens (including phenoxy) is 4. The van der Waals surface area contributed by atoms with Crippen LogP contribution in [-0.2, 0) is 33.5 Å². The largest absolute Gasteiger partial charge is 0.397 e. The van der Waals surface area contributed by atoms with Crippen LogP contribution in [0.4, 0.5) is 0 Å². The average Bonchev–Trinajstić information content (AvgIpc) is 3.01. The molecule has 0 radical (unpaired) electrons. The Morgan fingerprint density at radius 3 is 2.67 bits per heavy atom. The minimum Gasteiger partial charge on any atom is -0.353 e. The van der Waals surface area contributed by atoms with Crippen LogP contribution in [0.25, 0.3) is 0 Å². The number of nitrogens with zero attached hydrogens (tertiary/aromatic N) is 2. The first-order valence-electron chi connectivity index (χ1n) is 10.7. The third-order valence-corrected chi connectivity index (χ3v) is 6.70. The Morgan fingerprint density at radius 1 is 1.20 bits per heavy atom. The standard InChI is InChI=1S/C19H32N2O8S/c1-19(2)27-16-15(26-18(25-3)17(16)28-19)13(29-30(22,23)24)12-21-11-7-10-20-9-6-4-5-8-14(20)21/h13,15-18H,4-12H2,1-3H3/p+1/t13-,15-,16+,17+,18+/m1/s1. The molecule has 0 aliphatic carbocycles. The molecular formula is C19H33N2O8S+. The molecule has 0 aromatic carbocycles. The van der Waals surface area contributed by atoms with Gasteiger partial charge in [-0.05, 0) is 33.1 Å². The van der Waals surface area contributed by atoms with Gasteiger partial charge in [-0.1, -0.05) is 0 Å². The van der Waals surface area contributed by atoms with Crippen molar-refractivity contribution >= 4 is 16.2 Å². The number of methoxy groups -OCH3 is 1. The van der Waals surface area contributed by atoms with Crippen molar-refractivity contribution in [2.45, 2.75) is 82.4 Å². The van der Waals surface area contributed by atoms with Gasteiger partial charge in [-0.2, -0.15) is 8.42 Å². The van der Waals surface area contributed by atoms with Crippen molar-refractivity contribution in [3.63, 3.8) is 0 Å². The molecule has 10 nitrogen and oxygen atoms in total. The molecular weight excluding hydrogens is 416 g/mol. The molecule has 0 aromatic heterocycles. The Hall–Kier alpha value is -0.820. The molecule has 0 saturated carbocycles. The summed E-state index contributed by atoms with van der Waals surface area (Å²) in [5, 5.41) is 0. The zero-order chi connectivity index (χ0) is 21.5. The monoisotopic (exact) mass is 449 g/mol. The van der Waals surface area contributed by atoms with Crippen molar-refractivity contribution in [1.29, 1.82) is 0 Å². The second-order valence-electron chi connectivity index (χ2n) is 8.85. The van der Waals surface area contributed by atoms with Crippen molar-refractivity contribution in [1.82, 2.24) is 4.90 Å². The third kappa shape index (κ3) is 4.82. The van der Waals surface area contributed by atoms with Gasteiger partial charge in [0.15, 0.2) is 12.1 Å². The predicted molar refractivity (Wildman–Crippen MR) is 106 cm³/mol. The summed E-state index contributed by atoms with van der Waals surface area (Å²) in [6.45, 7) is 6.66. The van der Waals surface area contributed by atoms with Gasteiger partial charge < -0.3 is 18.9 Å². The molecule has 0 amide bonds. The predicted octanol–water partition coefficient (Wildman–Crippen LogP) is 0.757. The Morgan fingerprint density at radius 2 is 1.93 bits per heavy atom. The van der Waals surface area contributed by atoms with Crippen LogP contribution < -0.4 is 0 Å². The summed E-state index contributed by atoms with van der Waals surface area (Å²) < 4.78 is 63.7. The summed E-state index contributed by atoms with van der Waals surface area (Å²) in [6, 6.07) is 0. The Labute approximate surface area is 178 Å². The van der Waals surface area contributed by atoms with E-state index in [0.717, 1.165) is 45.3 Å². The number of amidine groups is 1. The van der Waals surface area contributed by atoms with Gasteiger partial charge in [0.25, 0.3) is 0 Å². The molecule has 0 aromatic rings. The van der Waals surface area contributed by atoms with E-state index in [1.165, 1.54) is 19.4 Å². The number of fused-ring (bicyclic) bond motifs is 1. The topological polar surface area (TPSA) is 107 Å². The van der Waals surface area contributed by atoms with E-state index in [2.05, 4.69) is 9.48 Å². The molecule has 4 heterocycles. The van der Waals surface area contributed by atoms with Crippen molar-refractivity contribution in [3.05, 3.63) is 0 Å². The van der Waals surface area contributed by atoms with Gasteiger partial charge in [0, 0.05) is 20.0 Å². The van der Waals surface area contributed by atoms with Crippen LogP contribution >= 0.6 is 0 Å². The van der Waals surface area contributed by atoms with E-state index >= 15 is 0 Å². The fourth-order valence-corrected chi connectivity index (χ4v) is 5.55. The highest BCUT2D eigenvalue weighted by molar-refractivity contribution is 7.80. The number of rotatable bonds is 6. The molecule has 0 bridgehead atoms. The first-order chi connectivity index (χ1) is 14.2. The minimum atomic E-state index is -4.70. The lowest BCUT2D eigenvalue weighted by Gasteiger charge is -2.32. The smallest absolute Gasteiger partial charge is 0.353 e. The van der Waals surface area contributed by atoms with Crippen LogP contribution in [0.15, 0.2) is 0 Å². The lowest BCUT2D eigenvalue weighted by molar-refractivity contribution is -0.539. The molecule has 4 aliphatic rings. The summed E-state index contributed by atoms with van der Waals surface area (Å²) in [7, 11) is -3.20. The van der Waals surface area contributed by atoms with Gasteiger partial charge in [-0.3, -0.25) is 14.0 Å². The zero-order valence-corrected chi connectivity index (χ0v) is 18.7. The van der Waals surface area contributed by atoms with Gasteiger partial charge in [0.05, 0.1) is 19.6 Å². The van der Waals surface area contributed by atoms with Crippen molar-refractivity contribution < 1.29 is 40.7 Å². The van der Waals surface area contributed by atoms with Crippen LogP contribution in [-0.4, -0.2) is 98.1 Å². The van der Waals surface area contributed by atoms with E-state index in [1.54, 1.807) is 13.8 Å². The second kappa shape index (κ2) is 8.61. The lowest BCUT2D eigenvalue weighted by atomic mass is 10.0. The van der Waals surface area contributed by atoms with E-state index in [0.29, 0.717) is 0 Å². The van der Waals surface area contributed by atoms with E-state index < -0.39 is 46.9 Å².